The zero-order chi connectivity index (χ0) is 8.97. The van der Waals surface area contributed by atoms with Gasteiger partial charge in [-0.05, 0) is 0 Å². The van der Waals surface area contributed by atoms with E-state index in [0.29, 0.717) is 23.7 Å². The summed E-state index contributed by atoms with van der Waals surface area (Å²) in [5.74, 6) is 1.77. The van der Waals surface area contributed by atoms with E-state index in [2.05, 4.69) is 5.92 Å². The van der Waals surface area contributed by atoms with Gasteiger partial charge in [0.15, 0.2) is 12.6 Å². The molecule has 0 aliphatic carbocycles. The van der Waals surface area contributed by atoms with Gasteiger partial charge in [0.05, 0.1) is 18.4 Å². The number of carbonyl (C=O) groups excluding carboxylic acids is 2. The highest BCUT2D eigenvalue weighted by Gasteiger charge is 2.19. The summed E-state index contributed by atoms with van der Waals surface area (Å²) < 4.78 is 4.73. The second kappa shape index (κ2) is 3.54. The summed E-state index contributed by atoms with van der Waals surface area (Å²) in [7, 11) is 0. The molecule has 60 valence electrons. The van der Waals surface area contributed by atoms with Crippen molar-refractivity contribution in [3.05, 3.63) is 23.7 Å². The molecule has 3 heteroatoms. The van der Waals surface area contributed by atoms with E-state index in [0.717, 1.165) is 0 Å². The molecule has 0 N–H and O–H groups in total. The van der Waals surface area contributed by atoms with E-state index >= 15 is 0 Å². The van der Waals surface area contributed by atoms with E-state index in [4.69, 9.17) is 11.2 Å². The molecule has 1 aliphatic rings. The van der Waals surface area contributed by atoms with Gasteiger partial charge in [-0.2, -0.15) is 0 Å². The maximum absolute atomic E-state index is 10.4. The number of allylic oxidation sites excluding steroid dienone is 2. The van der Waals surface area contributed by atoms with Crippen molar-refractivity contribution >= 4 is 12.6 Å². The van der Waals surface area contributed by atoms with Crippen LogP contribution in [0.2, 0.25) is 0 Å². The van der Waals surface area contributed by atoms with Gasteiger partial charge in [0.2, 0.25) is 0 Å². The molecule has 1 rings (SSSR count). The molecule has 0 amide bonds. The van der Waals surface area contributed by atoms with Gasteiger partial charge in [-0.3, -0.25) is 9.59 Å². The van der Waals surface area contributed by atoms with Crippen LogP contribution in [-0.2, 0) is 14.3 Å². The van der Waals surface area contributed by atoms with Crippen LogP contribution >= 0.6 is 0 Å². The first-order valence-electron chi connectivity index (χ1n) is 3.25. The minimum Gasteiger partial charge on any atom is -0.472 e. The quantitative estimate of drug-likeness (QED) is 0.437. The monoisotopic (exact) mass is 162 g/mol. The Balaban J connectivity index is 2.98. The maximum atomic E-state index is 10.4. The number of terminal acetylenes is 1. The molecule has 1 aliphatic heterocycles. The van der Waals surface area contributed by atoms with Gasteiger partial charge in [-0.15, -0.1) is 6.42 Å². The zero-order valence-corrected chi connectivity index (χ0v) is 6.19. The van der Waals surface area contributed by atoms with Crippen molar-refractivity contribution in [2.75, 3.05) is 0 Å². The lowest BCUT2D eigenvalue weighted by molar-refractivity contribution is -0.105. The van der Waals surface area contributed by atoms with Crippen molar-refractivity contribution in [2.45, 2.75) is 0 Å². The number of hydrogen-bond donors (Lipinski definition) is 0. The van der Waals surface area contributed by atoms with Crippen molar-refractivity contribution in [1.82, 2.24) is 0 Å². The van der Waals surface area contributed by atoms with Crippen LogP contribution in [0.4, 0.5) is 0 Å². The average molecular weight is 162 g/mol. The normalized spacial score (nSPS) is 16.6. The lowest BCUT2D eigenvalue weighted by Gasteiger charge is -2.13. The van der Waals surface area contributed by atoms with Crippen LogP contribution in [0, 0.1) is 18.3 Å². The minimum absolute atomic E-state index is 0.294. The Bertz CT molecular complexity index is 280. The molecule has 0 aromatic carbocycles. The zero-order valence-electron chi connectivity index (χ0n) is 6.19. The molecule has 0 bridgehead atoms. The third kappa shape index (κ3) is 1.28. The smallest absolute Gasteiger partial charge is 0.150 e. The summed E-state index contributed by atoms with van der Waals surface area (Å²) in [6.45, 7) is 0. The summed E-state index contributed by atoms with van der Waals surface area (Å²) >= 11 is 0. The molecule has 12 heavy (non-hydrogen) atoms. The first-order valence-corrected chi connectivity index (χ1v) is 3.25. The molecule has 0 atom stereocenters. The number of aldehydes is 2. The predicted molar refractivity (Wildman–Crippen MR) is 41.7 cm³/mol. The SMILES string of the molecule is C#CC1C(C=O)=COC=C1C=O. The van der Waals surface area contributed by atoms with Gasteiger partial charge in [0.1, 0.15) is 0 Å². The number of rotatable bonds is 2. The molecule has 0 saturated heterocycles. The van der Waals surface area contributed by atoms with E-state index in [-0.39, 0.29) is 0 Å². The molecule has 0 aromatic rings. The number of hydrogen-bond acceptors (Lipinski definition) is 3. The highest BCUT2D eigenvalue weighted by molar-refractivity contribution is 5.84. The van der Waals surface area contributed by atoms with Gasteiger partial charge in [-0.25, -0.2) is 0 Å². The highest BCUT2D eigenvalue weighted by atomic mass is 16.5. The molecule has 0 fully saturated rings. The molecular weight excluding hydrogens is 156 g/mol. The van der Waals surface area contributed by atoms with Gasteiger partial charge in [-0.1, -0.05) is 5.92 Å². The van der Waals surface area contributed by atoms with E-state index in [1.807, 2.05) is 0 Å². The molecule has 3 nitrogen and oxygen atoms in total. The fraction of sp³-hybridized carbons (Fsp3) is 0.111. The maximum Gasteiger partial charge on any atom is 0.150 e. The van der Waals surface area contributed by atoms with Crippen LogP contribution < -0.4 is 0 Å². The Morgan fingerprint density at radius 2 is 1.83 bits per heavy atom. The second-order valence-electron chi connectivity index (χ2n) is 2.21. The third-order valence-corrected chi connectivity index (χ3v) is 1.51. The van der Waals surface area contributed by atoms with Crippen molar-refractivity contribution in [1.29, 1.82) is 0 Å². The average Bonchev–Trinajstić information content (AvgIpc) is 2.16. The van der Waals surface area contributed by atoms with Crippen molar-refractivity contribution in [2.24, 2.45) is 5.92 Å². The van der Waals surface area contributed by atoms with Crippen LogP contribution in [-0.4, -0.2) is 12.6 Å². The van der Waals surface area contributed by atoms with Crippen LogP contribution in [0.25, 0.3) is 0 Å². The first kappa shape index (κ1) is 8.28. The molecule has 0 saturated carbocycles. The van der Waals surface area contributed by atoms with Crippen molar-refractivity contribution in [3.8, 4) is 12.3 Å². The van der Waals surface area contributed by atoms with Crippen LogP contribution in [0.3, 0.4) is 0 Å². The Hall–Kier alpha value is -1.82. The fourth-order valence-corrected chi connectivity index (χ4v) is 0.904. The molecular formula is C9H6O3. The topological polar surface area (TPSA) is 43.4 Å². The van der Waals surface area contributed by atoms with E-state index in [1.54, 1.807) is 0 Å². The van der Waals surface area contributed by atoms with E-state index in [9.17, 15) is 9.59 Å². The highest BCUT2D eigenvalue weighted by Crippen LogP contribution is 2.20. The van der Waals surface area contributed by atoms with Gasteiger partial charge >= 0.3 is 0 Å². The van der Waals surface area contributed by atoms with Crippen LogP contribution in [0.5, 0.6) is 0 Å². The number of ether oxygens (including phenoxy) is 1. The third-order valence-electron chi connectivity index (χ3n) is 1.51. The number of carbonyl (C=O) groups is 2. The molecule has 0 unspecified atom stereocenters. The summed E-state index contributed by atoms with van der Waals surface area (Å²) in [6, 6.07) is 0. The largest absolute Gasteiger partial charge is 0.472 e. The summed E-state index contributed by atoms with van der Waals surface area (Å²) in [5.41, 5.74) is 0.587. The lowest BCUT2D eigenvalue weighted by Crippen LogP contribution is -2.11. The predicted octanol–water partition coefficient (Wildman–Crippen LogP) is 0.432. The lowest BCUT2D eigenvalue weighted by atomic mass is 9.94. The van der Waals surface area contributed by atoms with Crippen molar-refractivity contribution in [3.63, 3.8) is 0 Å². The van der Waals surface area contributed by atoms with E-state index < -0.39 is 5.92 Å². The molecule has 0 aromatic heterocycles. The molecule has 0 radical (unpaired) electrons. The minimum atomic E-state index is -0.561. The second-order valence-corrected chi connectivity index (χ2v) is 2.21. The van der Waals surface area contributed by atoms with Crippen LogP contribution in [0.1, 0.15) is 0 Å². The Morgan fingerprint density at radius 1 is 1.33 bits per heavy atom. The van der Waals surface area contributed by atoms with Gasteiger partial charge in [0.25, 0.3) is 0 Å². The summed E-state index contributed by atoms with van der Waals surface area (Å²) in [4.78, 5) is 20.8. The van der Waals surface area contributed by atoms with E-state index in [1.165, 1.54) is 12.5 Å². The Labute approximate surface area is 69.7 Å². The molecule has 0 spiro atoms. The van der Waals surface area contributed by atoms with Gasteiger partial charge in [0, 0.05) is 11.1 Å². The Morgan fingerprint density at radius 3 is 2.17 bits per heavy atom. The standard InChI is InChI=1S/C9H6O3/c1-2-9-7(3-10)5-12-6-8(9)4-11/h1,3-6,9H. The first-order chi connectivity index (χ1) is 5.83. The molecule has 1 heterocycles. The van der Waals surface area contributed by atoms with Crippen LogP contribution in [0.15, 0.2) is 23.7 Å². The van der Waals surface area contributed by atoms with Crippen molar-refractivity contribution < 1.29 is 14.3 Å². The Kier molecular flexibility index (Phi) is 2.44. The fourth-order valence-electron chi connectivity index (χ4n) is 0.904. The van der Waals surface area contributed by atoms with Gasteiger partial charge < -0.3 is 4.74 Å². The summed E-state index contributed by atoms with van der Waals surface area (Å²) in [5, 5.41) is 0. The summed E-state index contributed by atoms with van der Waals surface area (Å²) in [6.07, 6.45) is 8.78.